The summed E-state index contributed by atoms with van der Waals surface area (Å²) in [5.74, 6) is -1.39. The van der Waals surface area contributed by atoms with Crippen LogP contribution in [0.25, 0.3) is 0 Å². The van der Waals surface area contributed by atoms with Gasteiger partial charge in [-0.3, -0.25) is 9.59 Å². The Labute approximate surface area is 110 Å². The summed E-state index contributed by atoms with van der Waals surface area (Å²) >= 11 is 0. The Morgan fingerprint density at radius 1 is 1.00 bits per heavy atom. The predicted octanol–water partition coefficient (Wildman–Crippen LogP) is 0.641. The highest BCUT2D eigenvalue weighted by molar-refractivity contribution is 5.95. The molecule has 0 saturated heterocycles. The SMILES string of the molecule is CC(=O)NCCCNC(=O)c1ccc(C(=O)O)cc1. The quantitative estimate of drug-likeness (QED) is 0.657. The molecule has 6 nitrogen and oxygen atoms in total. The summed E-state index contributed by atoms with van der Waals surface area (Å²) in [6.45, 7) is 2.38. The maximum Gasteiger partial charge on any atom is 0.335 e. The molecular weight excluding hydrogens is 248 g/mol. The molecule has 0 aromatic heterocycles. The lowest BCUT2D eigenvalue weighted by Gasteiger charge is -2.06. The zero-order valence-corrected chi connectivity index (χ0v) is 10.6. The lowest BCUT2D eigenvalue weighted by atomic mass is 10.1. The highest BCUT2D eigenvalue weighted by Crippen LogP contribution is 2.04. The van der Waals surface area contributed by atoms with Crippen molar-refractivity contribution < 1.29 is 19.5 Å². The van der Waals surface area contributed by atoms with Crippen molar-refractivity contribution in [1.82, 2.24) is 10.6 Å². The number of carbonyl (C=O) groups is 3. The first kappa shape index (κ1) is 14.7. The van der Waals surface area contributed by atoms with Gasteiger partial charge in [0.2, 0.25) is 5.91 Å². The van der Waals surface area contributed by atoms with Crippen LogP contribution < -0.4 is 10.6 Å². The minimum atomic E-state index is -1.03. The van der Waals surface area contributed by atoms with Crippen LogP contribution in [0, 0.1) is 0 Å². The van der Waals surface area contributed by atoms with Gasteiger partial charge in [-0.1, -0.05) is 0 Å². The zero-order valence-electron chi connectivity index (χ0n) is 10.6. The normalized spacial score (nSPS) is 9.74. The molecule has 19 heavy (non-hydrogen) atoms. The van der Waals surface area contributed by atoms with E-state index >= 15 is 0 Å². The molecule has 0 spiro atoms. The van der Waals surface area contributed by atoms with E-state index in [2.05, 4.69) is 10.6 Å². The van der Waals surface area contributed by atoms with Crippen molar-refractivity contribution in [1.29, 1.82) is 0 Å². The summed E-state index contributed by atoms with van der Waals surface area (Å²) in [5, 5.41) is 14.0. The van der Waals surface area contributed by atoms with Gasteiger partial charge < -0.3 is 15.7 Å². The fourth-order valence-corrected chi connectivity index (χ4v) is 1.42. The molecule has 1 rings (SSSR count). The van der Waals surface area contributed by atoms with Crippen LogP contribution in [0.2, 0.25) is 0 Å². The van der Waals surface area contributed by atoms with Crippen LogP contribution in [0.1, 0.15) is 34.1 Å². The second kappa shape index (κ2) is 7.15. The van der Waals surface area contributed by atoms with Crippen LogP contribution in [-0.4, -0.2) is 36.0 Å². The van der Waals surface area contributed by atoms with Crippen molar-refractivity contribution in [2.45, 2.75) is 13.3 Å². The summed E-state index contributed by atoms with van der Waals surface area (Å²) in [4.78, 5) is 32.9. The lowest BCUT2D eigenvalue weighted by molar-refractivity contribution is -0.118. The van der Waals surface area contributed by atoms with Crippen molar-refractivity contribution in [3.8, 4) is 0 Å². The molecule has 0 aliphatic heterocycles. The topological polar surface area (TPSA) is 95.5 Å². The molecule has 0 atom stereocenters. The molecule has 0 saturated carbocycles. The van der Waals surface area contributed by atoms with Crippen molar-refractivity contribution in [2.75, 3.05) is 13.1 Å². The van der Waals surface area contributed by atoms with Gasteiger partial charge in [0, 0.05) is 25.6 Å². The number of amides is 2. The van der Waals surface area contributed by atoms with Crippen LogP contribution in [0.5, 0.6) is 0 Å². The monoisotopic (exact) mass is 264 g/mol. The van der Waals surface area contributed by atoms with Gasteiger partial charge in [-0.2, -0.15) is 0 Å². The van der Waals surface area contributed by atoms with E-state index < -0.39 is 5.97 Å². The standard InChI is InChI=1S/C13H16N2O4/c1-9(16)14-7-2-8-15-12(17)10-3-5-11(6-4-10)13(18)19/h3-6H,2,7-8H2,1H3,(H,14,16)(H,15,17)(H,18,19). The number of nitrogens with one attached hydrogen (secondary N) is 2. The van der Waals surface area contributed by atoms with E-state index in [0.717, 1.165) is 0 Å². The molecule has 1 aromatic rings. The summed E-state index contributed by atoms with van der Waals surface area (Å²) in [5.41, 5.74) is 0.548. The van der Waals surface area contributed by atoms with Crippen LogP contribution in [0.3, 0.4) is 0 Å². The second-order valence-corrected chi connectivity index (χ2v) is 3.97. The van der Waals surface area contributed by atoms with Crippen molar-refractivity contribution >= 4 is 17.8 Å². The van der Waals surface area contributed by atoms with Crippen molar-refractivity contribution in [2.24, 2.45) is 0 Å². The van der Waals surface area contributed by atoms with Crippen LogP contribution >= 0.6 is 0 Å². The largest absolute Gasteiger partial charge is 0.478 e. The third-order valence-electron chi connectivity index (χ3n) is 2.41. The minimum Gasteiger partial charge on any atom is -0.478 e. The third kappa shape index (κ3) is 5.20. The number of hydrogen-bond donors (Lipinski definition) is 3. The van der Waals surface area contributed by atoms with Gasteiger partial charge in [0.15, 0.2) is 0 Å². The molecule has 2 amide bonds. The molecule has 0 aliphatic carbocycles. The molecule has 0 heterocycles. The minimum absolute atomic E-state index is 0.101. The van der Waals surface area contributed by atoms with E-state index in [-0.39, 0.29) is 17.4 Å². The van der Waals surface area contributed by atoms with Crippen molar-refractivity contribution in [3.05, 3.63) is 35.4 Å². The fraction of sp³-hybridized carbons (Fsp3) is 0.308. The van der Waals surface area contributed by atoms with Gasteiger partial charge in [-0.15, -0.1) is 0 Å². The van der Waals surface area contributed by atoms with Gasteiger partial charge in [0.05, 0.1) is 5.56 Å². The number of aromatic carboxylic acids is 1. The van der Waals surface area contributed by atoms with E-state index in [1.54, 1.807) is 0 Å². The fourth-order valence-electron chi connectivity index (χ4n) is 1.42. The smallest absolute Gasteiger partial charge is 0.335 e. The molecule has 0 radical (unpaired) electrons. The van der Waals surface area contributed by atoms with Crippen LogP contribution in [-0.2, 0) is 4.79 Å². The van der Waals surface area contributed by atoms with E-state index in [9.17, 15) is 14.4 Å². The maximum absolute atomic E-state index is 11.7. The Morgan fingerprint density at radius 2 is 1.53 bits per heavy atom. The van der Waals surface area contributed by atoms with Gasteiger partial charge in [0.25, 0.3) is 5.91 Å². The number of carbonyl (C=O) groups excluding carboxylic acids is 2. The molecule has 0 unspecified atom stereocenters. The molecule has 0 aliphatic rings. The highest BCUT2D eigenvalue weighted by atomic mass is 16.4. The average molecular weight is 264 g/mol. The molecular formula is C13H16N2O4. The maximum atomic E-state index is 11.7. The molecule has 0 bridgehead atoms. The molecule has 0 fully saturated rings. The molecule has 6 heteroatoms. The predicted molar refractivity (Wildman–Crippen MR) is 69.0 cm³/mol. The first-order valence-corrected chi connectivity index (χ1v) is 5.86. The number of benzene rings is 1. The summed E-state index contributed by atoms with van der Waals surface area (Å²) in [6, 6.07) is 5.70. The van der Waals surface area contributed by atoms with E-state index in [4.69, 9.17) is 5.11 Å². The number of carboxylic acid groups (broad SMARTS) is 1. The summed E-state index contributed by atoms with van der Waals surface area (Å²) in [6.07, 6.45) is 0.637. The number of rotatable bonds is 6. The van der Waals surface area contributed by atoms with Gasteiger partial charge in [-0.25, -0.2) is 4.79 Å². The number of carboxylic acids is 1. The third-order valence-corrected chi connectivity index (χ3v) is 2.41. The number of hydrogen-bond acceptors (Lipinski definition) is 3. The zero-order chi connectivity index (χ0) is 14.3. The van der Waals surface area contributed by atoms with E-state index in [1.165, 1.54) is 31.2 Å². The Morgan fingerprint density at radius 3 is 2.05 bits per heavy atom. The lowest BCUT2D eigenvalue weighted by Crippen LogP contribution is -2.28. The van der Waals surface area contributed by atoms with Gasteiger partial charge in [0.1, 0.15) is 0 Å². The average Bonchev–Trinajstić information content (AvgIpc) is 2.37. The van der Waals surface area contributed by atoms with Crippen molar-refractivity contribution in [3.63, 3.8) is 0 Å². The van der Waals surface area contributed by atoms with Crippen LogP contribution in [0.4, 0.5) is 0 Å². The Hall–Kier alpha value is -2.37. The van der Waals surface area contributed by atoms with Gasteiger partial charge in [-0.05, 0) is 30.7 Å². The molecule has 3 N–H and O–H groups in total. The van der Waals surface area contributed by atoms with E-state index in [1.807, 2.05) is 0 Å². The van der Waals surface area contributed by atoms with Gasteiger partial charge >= 0.3 is 5.97 Å². The molecule has 102 valence electrons. The highest BCUT2D eigenvalue weighted by Gasteiger charge is 2.07. The summed E-state index contributed by atoms with van der Waals surface area (Å²) < 4.78 is 0. The first-order valence-electron chi connectivity index (χ1n) is 5.86. The Bertz CT molecular complexity index is 468. The first-order chi connectivity index (χ1) is 9.00. The van der Waals surface area contributed by atoms with E-state index in [0.29, 0.717) is 25.1 Å². The Kier molecular flexibility index (Phi) is 5.53. The molecule has 1 aromatic carbocycles. The summed E-state index contributed by atoms with van der Waals surface area (Å²) in [7, 11) is 0. The Balaban J connectivity index is 2.37. The van der Waals surface area contributed by atoms with Crippen LogP contribution in [0.15, 0.2) is 24.3 Å². The second-order valence-electron chi connectivity index (χ2n) is 3.97.